The van der Waals surface area contributed by atoms with E-state index in [1.54, 1.807) is 0 Å². The molecule has 0 bridgehead atoms. The second-order valence-electron chi connectivity index (χ2n) is 24.6. The first-order chi connectivity index (χ1) is 46.4. The van der Waals surface area contributed by atoms with Crippen LogP contribution in [0.15, 0.2) is 297 Å². The predicted molar refractivity (Wildman–Crippen MR) is 383 cm³/mol. The Bertz CT molecular complexity index is 6160. The van der Waals surface area contributed by atoms with Gasteiger partial charge in [0.2, 0.25) is 0 Å². The van der Waals surface area contributed by atoms with Gasteiger partial charge >= 0.3 is 0 Å². The Morgan fingerprint density at radius 1 is 0.223 bits per heavy atom. The van der Waals surface area contributed by atoms with Crippen LogP contribution >= 0.6 is 0 Å². The fourth-order valence-electron chi connectivity index (χ4n) is 15.8. The summed E-state index contributed by atoms with van der Waals surface area (Å²) in [7, 11) is 0. The van der Waals surface area contributed by atoms with E-state index in [-0.39, 0.29) is 11.1 Å². The molecule has 6 heterocycles. The number of fused-ring (bicyclic) bond motifs is 18. The van der Waals surface area contributed by atoms with Crippen LogP contribution in [0.3, 0.4) is 0 Å². The highest BCUT2D eigenvalue weighted by atomic mass is 19.1. The number of para-hydroxylation sites is 8. The quantitative estimate of drug-likeness (QED) is 0.157. The molecule has 0 saturated heterocycles. The van der Waals surface area contributed by atoms with Crippen LogP contribution in [0, 0.1) is 23.0 Å². The van der Waals surface area contributed by atoms with E-state index < -0.39 is 11.6 Å². The Morgan fingerprint density at radius 3 is 0.713 bits per heavy atom. The van der Waals surface area contributed by atoms with Crippen LogP contribution in [0.25, 0.3) is 176 Å². The van der Waals surface area contributed by atoms with Gasteiger partial charge in [0.05, 0.1) is 89.2 Å². The largest absolute Gasteiger partial charge is 0.309 e. The average Bonchev–Trinajstić information content (AvgIpc) is 1.55. The number of aromatic nitrogens is 6. The fraction of sp³-hybridized carbons (Fsp3) is 0. The number of rotatable bonds is 7. The number of nitriles is 1. The number of hydrogen-bond acceptors (Lipinski definition) is 1. The van der Waals surface area contributed by atoms with Gasteiger partial charge in [0.25, 0.3) is 0 Å². The third kappa shape index (κ3) is 7.33. The third-order valence-electron chi connectivity index (χ3n) is 19.7. The summed E-state index contributed by atoms with van der Waals surface area (Å²) in [5.41, 5.74) is 18.1. The van der Waals surface area contributed by atoms with Gasteiger partial charge < -0.3 is 27.4 Å². The van der Waals surface area contributed by atoms with Crippen molar-refractivity contribution in [3.05, 3.63) is 314 Å². The summed E-state index contributed by atoms with van der Waals surface area (Å²) >= 11 is 0. The SMILES string of the molecule is N#Cc1cc(-n2c3cc(-n4c5ccccc5c5ccccc54)ccc3c3ccc(-n4c5ccccc5c5ccccc54)cc32)c(-n2c3cc(-n4c5ccccc5c5ccccc54)ccc3c3ccc(-n4c5ccccc5c5ccccc54)cc32)cc1-c1cc(F)cc(F)c1. The molecule has 0 unspecified atom stereocenters. The van der Waals surface area contributed by atoms with E-state index >= 15 is 8.78 Å². The van der Waals surface area contributed by atoms with E-state index in [1.165, 1.54) is 12.1 Å². The van der Waals surface area contributed by atoms with Crippen molar-refractivity contribution in [1.82, 2.24) is 27.4 Å². The summed E-state index contributed by atoms with van der Waals surface area (Å²) in [5, 5.41) is 24.9. The molecule has 0 aliphatic carbocycles. The Morgan fingerprint density at radius 2 is 0.457 bits per heavy atom. The minimum Gasteiger partial charge on any atom is -0.309 e. The summed E-state index contributed by atoms with van der Waals surface area (Å²) in [4.78, 5) is 0. The van der Waals surface area contributed by atoms with Crippen molar-refractivity contribution in [3.63, 3.8) is 0 Å². The molecule has 20 aromatic rings. The molecule has 438 valence electrons. The van der Waals surface area contributed by atoms with Crippen LogP contribution in [0.5, 0.6) is 0 Å². The molecule has 0 amide bonds. The van der Waals surface area contributed by atoms with Gasteiger partial charge in [0.15, 0.2) is 0 Å². The second kappa shape index (κ2) is 19.6. The van der Waals surface area contributed by atoms with E-state index in [0.717, 1.165) is 160 Å². The lowest BCUT2D eigenvalue weighted by Gasteiger charge is -2.21. The van der Waals surface area contributed by atoms with Crippen molar-refractivity contribution in [1.29, 1.82) is 5.26 Å². The van der Waals surface area contributed by atoms with Gasteiger partial charge in [-0.3, -0.25) is 0 Å². The van der Waals surface area contributed by atoms with Crippen LogP contribution in [0.1, 0.15) is 5.56 Å². The summed E-state index contributed by atoms with van der Waals surface area (Å²) in [6, 6.07) is 105. The zero-order chi connectivity index (χ0) is 62.0. The molecule has 0 spiro atoms. The number of nitrogens with zero attached hydrogens (tertiary/aromatic N) is 7. The van der Waals surface area contributed by atoms with Crippen molar-refractivity contribution in [2.24, 2.45) is 0 Å². The minimum absolute atomic E-state index is 0.240. The molecule has 94 heavy (non-hydrogen) atoms. The van der Waals surface area contributed by atoms with Gasteiger partial charge in [-0.15, -0.1) is 0 Å². The maximum absolute atomic E-state index is 16.0. The Kier molecular flexibility index (Phi) is 10.9. The highest BCUT2D eigenvalue weighted by molar-refractivity contribution is 6.17. The van der Waals surface area contributed by atoms with E-state index in [9.17, 15) is 5.26 Å². The van der Waals surface area contributed by atoms with Crippen molar-refractivity contribution in [2.75, 3.05) is 0 Å². The molecule has 0 atom stereocenters. The molecule has 9 heteroatoms. The lowest BCUT2D eigenvalue weighted by Crippen LogP contribution is -2.07. The highest BCUT2D eigenvalue weighted by Crippen LogP contribution is 2.46. The number of halogens is 2. The first kappa shape index (κ1) is 52.0. The van der Waals surface area contributed by atoms with Gasteiger partial charge in [0.1, 0.15) is 11.6 Å². The van der Waals surface area contributed by atoms with E-state index in [0.29, 0.717) is 16.9 Å². The lowest BCUT2D eigenvalue weighted by molar-refractivity contribution is 0.584. The Hall–Kier alpha value is -12.8. The van der Waals surface area contributed by atoms with Crippen LogP contribution in [-0.2, 0) is 0 Å². The van der Waals surface area contributed by atoms with E-state index in [2.05, 4.69) is 300 Å². The molecule has 7 nitrogen and oxygen atoms in total. The Balaban J connectivity index is 0.965. The first-order valence-corrected chi connectivity index (χ1v) is 31.6. The van der Waals surface area contributed by atoms with Crippen LogP contribution < -0.4 is 0 Å². The molecule has 0 N–H and O–H groups in total. The zero-order valence-corrected chi connectivity index (χ0v) is 50.2. The van der Waals surface area contributed by atoms with Crippen molar-refractivity contribution >= 4 is 131 Å². The third-order valence-corrected chi connectivity index (χ3v) is 19.7. The molecule has 0 fully saturated rings. The van der Waals surface area contributed by atoms with Gasteiger partial charge in [-0.2, -0.15) is 5.26 Å². The summed E-state index contributed by atoms with van der Waals surface area (Å²) in [5.74, 6) is -1.49. The van der Waals surface area contributed by atoms with Crippen molar-refractivity contribution in [3.8, 4) is 51.3 Å². The monoisotopic (exact) mass is 1210 g/mol. The van der Waals surface area contributed by atoms with E-state index in [4.69, 9.17) is 0 Å². The average molecular weight is 1210 g/mol. The summed E-state index contributed by atoms with van der Waals surface area (Å²) in [6.45, 7) is 0. The maximum atomic E-state index is 16.0. The second-order valence-corrected chi connectivity index (χ2v) is 24.6. The molecule has 0 aliphatic heterocycles. The predicted octanol–water partition coefficient (Wildman–Crippen LogP) is 22.1. The lowest BCUT2D eigenvalue weighted by atomic mass is 9.97. The molecule has 20 rings (SSSR count). The maximum Gasteiger partial charge on any atom is 0.126 e. The first-order valence-electron chi connectivity index (χ1n) is 31.6. The fourth-order valence-corrected chi connectivity index (χ4v) is 15.8. The van der Waals surface area contributed by atoms with Gasteiger partial charge in [-0.25, -0.2) is 8.78 Å². The minimum atomic E-state index is -0.745. The van der Waals surface area contributed by atoms with Gasteiger partial charge in [0, 0.05) is 99.0 Å². The summed E-state index contributed by atoms with van der Waals surface area (Å²) in [6.07, 6.45) is 0. The van der Waals surface area contributed by atoms with Gasteiger partial charge in [-0.05, 0) is 127 Å². The topological polar surface area (TPSA) is 53.4 Å². The van der Waals surface area contributed by atoms with E-state index in [1.807, 2.05) is 12.1 Å². The van der Waals surface area contributed by atoms with Crippen LogP contribution in [0.2, 0.25) is 0 Å². The molecule has 6 aromatic heterocycles. The molecule has 0 radical (unpaired) electrons. The highest BCUT2D eigenvalue weighted by Gasteiger charge is 2.27. The molecule has 0 aliphatic rings. The normalized spacial score (nSPS) is 12.1. The smallest absolute Gasteiger partial charge is 0.126 e. The molecular formula is C85H49F2N7. The number of benzene rings is 14. The zero-order valence-electron chi connectivity index (χ0n) is 50.2. The van der Waals surface area contributed by atoms with Crippen molar-refractivity contribution in [2.45, 2.75) is 0 Å². The number of hydrogen-bond donors (Lipinski definition) is 0. The summed E-state index contributed by atoms with van der Waals surface area (Å²) < 4.78 is 45.9. The standard InChI is InChI=1S/C85H49F2N7/c86-53-41-51(42-54(87)44-53)71-49-85(94-82-47-57(91-76-29-13-5-21-63(76)64-22-6-14-30-77(64)91)35-39-69(82)70-40-36-58(48-83(70)94)92-78-31-15-7-23-65(78)66-24-8-16-32-79(66)92)84(43-52(71)50-88)93-80-45-55(89-72-25-9-1-17-59(72)60-18-2-10-26-73(60)89)33-37-67(80)68-38-34-56(46-81(68)93)90-74-27-11-3-19-61(74)62-20-4-12-28-75(62)90/h1-49H. The van der Waals surface area contributed by atoms with Crippen LogP contribution in [-0.4, -0.2) is 27.4 Å². The van der Waals surface area contributed by atoms with Crippen LogP contribution in [0.4, 0.5) is 8.78 Å². The Labute approximate surface area is 535 Å². The molecule has 14 aromatic carbocycles. The molecule has 0 saturated carbocycles. The molecular weight excluding hydrogens is 1160 g/mol. The van der Waals surface area contributed by atoms with Crippen molar-refractivity contribution < 1.29 is 8.78 Å². The van der Waals surface area contributed by atoms with Gasteiger partial charge in [-0.1, -0.05) is 170 Å².